The number of aliphatic hydroxyl groups excluding tert-OH is 1. The van der Waals surface area contributed by atoms with Gasteiger partial charge in [0.1, 0.15) is 0 Å². The van der Waals surface area contributed by atoms with Crippen molar-refractivity contribution >= 4 is 0 Å². The molecule has 0 saturated carbocycles. The molecule has 3 nitrogen and oxygen atoms in total. The summed E-state index contributed by atoms with van der Waals surface area (Å²) in [4.78, 5) is 0. The van der Waals surface area contributed by atoms with Gasteiger partial charge in [-0.25, -0.2) is 0 Å². The van der Waals surface area contributed by atoms with E-state index in [-0.39, 0.29) is 12.7 Å². The zero-order valence-electron chi connectivity index (χ0n) is 6.46. The van der Waals surface area contributed by atoms with Gasteiger partial charge >= 0.3 is 0 Å². The van der Waals surface area contributed by atoms with Crippen molar-refractivity contribution in [1.29, 1.82) is 0 Å². The van der Waals surface area contributed by atoms with Crippen molar-refractivity contribution in [1.82, 2.24) is 0 Å². The van der Waals surface area contributed by atoms with Crippen molar-refractivity contribution in [3.05, 3.63) is 0 Å². The van der Waals surface area contributed by atoms with Gasteiger partial charge in [0.2, 0.25) is 0 Å². The molecule has 0 spiro atoms. The number of hydrogen-bond acceptors (Lipinski definition) is 3. The van der Waals surface area contributed by atoms with Gasteiger partial charge in [-0.3, -0.25) is 0 Å². The van der Waals surface area contributed by atoms with Crippen LogP contribution in [0.2, 0.25) is 0 Å². The SMILES string of the molecule is CC1(C)OCCC(CO)O1. The Morgan fingerprint density at radius 3 is 2.70 bits per heavy atom. The van der Waals surface area contributed by atoms with Gasteiger partial charge in [0.05, 0.1) is 19.3 Å². The van der Waals surface area contributed by atoms with Crippen LogP contribution < -0.4 is 0 Å². The Bertz CT molecular complexity index is 111. The lowest BCUT2D eigenvalue weighted by atomic mass is 10.2. The Morgan fingerprint density at radius 2 is 2.30 bits per heavy atom. The molecule has 0 aromatic rings. The lowest BCUT2D eigenvalue weighted by molar-refractivity contribution is -0.277. The van der Waals surface area contributed by atoms with Gasteiger partial charge < -0.3 is 14.6 Å². The Balaban J connectivity index is 2.40. The first-order valence-electron chi connectivity index (χ1n) is 3.57. The van der Waals surface area contributed by atoms with Crippen molar-refractivity contribution in [2.24, 2.45) is 0 Å². The lowest BCUT2D eigenvalue weighted by Gasteiger charge is -2.35. The van der Waals surface area contributed by atoms with Crippen LogP contribution in [0.1, 0.15) is 20.3 Å². The molecule has 0 aromatic heterocycles. The molecule has 0 radical (unpaired) electrons. The third kappa shape index (κ3) is 1.94. The molecule has 60 valence electrons. The highest BCUT2D eigenvalue weighted by molar-refractivity contribution is 4.67. The molecule has 1 unspecified atom stereocenters. The first-order chi connectivity index (χ1) is 4.64. The predicted molar refractivity (Wildman–Crippen MR) is 36.6 cm³/mol. The molecule has 0 aromatic carbocycles. The molecule has 1 aliphatic rings. The highest BCUT2D eigenvalue weighted by Gasteiger charge is 2.28. The molecule has 1 atom stereocenters. The van der Waals surface area contributed by atoms with Crippen molar-refractivity contribution in [2.75, 3.05) is 13.2 Å². The summed E-state index contributed by atoms with van der Waals surface area (Å²) in [5.41, 5.74) is 0. The minimum atomic E-state index is -0.508. The molecule has 0 amide bonds. The van der Waals surface area contributed by atoms with Gasteiger partial charge in [-0.15, -0.1) is 0 Å². The summed E-state index contributed by atoms with van der Waals surface area (Å²) < 4.78 is 10.6. The fraction of sp³-hybridized carbons (Fsp3) is 1.00. The minimum Gasteiger partial charge on any atom is -0.394 e. The van der Waals surface area contributed by atoms with Crippen molar-refractivity contribution in [3.63, 3.8) is 0 Å². The number of rotatable bonds is 1. The van der Waals surface area contributed by atoms with E-state index in [1.807, 2.05) is 13.8 Å². The summed E-state index contributed by atoms with van der Waals surface area (Å²) >= 11 is 0. The first-order valence-corrected chi connectivity index (χ1v) is 3.57. The Morgan fingerprint density at radius 1 is 1.60 bits per heavy atom. The Kier molecular flexibility index (Phi) is 2.28. The molecule has 1 heterocycles. The fourth-order valence-electron chi connectivity index (χ4n) is 1.06. The number of aliphatic hydroxyl groups is 1. The first kappa shape index (κ1) is 7.98. The smallest absolute Gasteiger partial charge is 0.163 e. The maximum absolute atomic E-state index is 8.74. The van der Waals surface area contributed by atoms with Crippen LogP contribution in [0.5, 0.6) is 0 Å². The molecule has 0 bridgehead atoms. The summed E-state index contributed by atoms with van der Waals surface area (Å²) in [6.07, 6.45) is 0.753. The summed E-state index contributed by atoms with van der Waals surface area (Å²) in [5.74, 6) is -0.508. The van der Waals surface area contributed by atoms with E-state index in [4.69, 9.17) is 14.6 Å². The maximum Gasteiger partial charge on any atom is 0.163 e. The van der Waals surface area contributed by atoms with Crippen LogP contribution in [-0.2, 0) is 9.47 Å². The highest BCUT2D eigenvalue weighted by atomic mass is 16.7. The van der Waals surface area contributed by atoms with Crippen LogP contribution in [0.3, 0.4) is 0 Å². The number of hydrogen-bond donors (Lipinski definition) is 1. The Labute approximate surface area is 60.9 Å². The predicted octanol–water partition coefficient (Wildman–Crippen LogP) is 0.520. The zero-order chi connectivity index (χ0) is 7.61. The third-order valence-corrected chi connectivity index (χ3v) is 1.54. The zero-order valence-corrected chi connectivity index (χ0v) is 6.46. The van der Waals surface area contributed by atoms with Crippen LogP contribution >= 0.6 is 0 Å². The van der Waals surface area contributed by atoms with Gasteiger partial charge in [-0.1, -0.05) is 0 Å². The third-order valence-electron chi connectivity index (χ3n) is 1.54. The molecule has 0 aliphatic carbocycles. The summed E-state index contributed by atoms with van der Waals surface area (Å²) in [6, 6.07) is 0. The molecule has 1 aliphatic heterocycles. The summed E-state index contributed by atoms with van der Waals surface area (Å²) in [7, 11) is 0. The molecule has 1 rings (SSSR count). The van der Waals surface area contributed by atoms with E-state index in [0.717, 1.165) is 6.42 Å². The largest absolute Gasteiger partial charge is 0.394 e. The molecule has 1 N–H and O–H groups in total. The van der Waals surface area contributed by atoms with Crippen LogP contribution in [0.25, 0.3) is 0 Å². The van der Waals surface area contributed by atoms with E-state index in [2.05, 4.69) is 0 Å². The normalized spacial score (nSPS) is 32.1. The van der Waals surface area contributed by atoms with E-state index < -0.39 is 5.79 Å². The highest BCUT2D eigenvalue weighted by Crippen LogP contribution is 2.21. The Hall–Kier alpha value is -0.120. The van der Waals surface area contributed by atoms with Crippen LogP contribution in [0, 0.1) is 0 Å². The topological polar surface area (TPSA) is 38.7 Å². The maximum atomic E-state index is 8.74. The van der Waals surface area contributed by atoms with Gasteiger partial charge in [-0.05, 0) is 20.3 Å². The average Bonchev–Trinajstić information content (AvgIpc) is 1.86. The van der Waals surface area contributed by atoms with Gasteiger partial charge in [0.15, 0.2) is 5.79 Å². The summed E-state index contributed by atoms with van der Waals surface area (Å²) in [6.45, 7) is 4.48. The summed E-state index contributed by atoms with van der Waals surface area (Å²) in [5, 5.41) is 8.74. The molecular formula is C7H14O3. The fourth-order valence-corrected chi connectivity index (χ4v) is 1.06. The van der Waals surface area contributed by atoms with Crippen LogP contribution in [0.4, 0.5) is 0 Å². The van der Waals surface area contributed by atoms with E-state index in [9.17, 15) is 0 Å². The van der Waals surface area contributed by atoms with Crippen molar-refractivity contribution < 1.29 is 14.6 Å². The van der Waals surface area contributed by atoms with E-state index in [1.165, 1.54) is 0 Å². The van der Waals surface area contributed by atoms with E-state index in [0.29, 0.717) is 6.61 Å². The standard InChI is InChI=1S/C7H14O3/c1-7(2)9-4-3-6(5-8)10-7/h6,8H,3-5H2,1-2H3. The van der Waals surface area contributed by atoms with Crippen LogP contribution in [0.15, 0.2) is 0 Å². The molecule has 1 saturated heterocycles. The van der Waals surface area contributed by atoms with E-state index >= 15 is 0 Å². The van der Waals surface area contributed by atoms with Gasteiger partial charge in [0, 0.05) is 0 Å². The second kappa shape index (κ2) is 2.86. The van der Waals surface area contributed by atoms with Crippen molar-refractivity contribution in [3.8, 4) is 0 Å². The molecule has 1 fully saturated rings. The second-order valence-corrected chi connectivity index (χ2v) is 2.96. The molecular weight excluding hydrogens is 132 g/mol. The average molecular weight is 146 g/mol. The van der Waals surface area contributed by atoms with Crippen LogP contribution in [-0.4, -0.2) is 30.2 Å². The number of ether oxygens (including phenoxy) is 2. The quantitative estimate of drug-likeness (QED) is 0.586. The molecule has 10 heavy (non-hydrogen) atoms. The second-order valence-electron chi connectivity index (χ2n) is 2.96. The molecule has 3 heteroatoms. The van der Waals surface area contributed by atoms with Gasteiger partial charge in [-0.2, -0.15) is 0 Å². The lowest BCUT2D eigenvalue weighted by Crippen LogP contribution is -2.41. The monoisotopic (exact) mass is 146 g/mol. The van der Waals surface area contributed by atoms with E-state index in [1.54, 1.807) is 0 Å². The van der Waals surface area contributed by atoms with Gasteiger partial charge in [0.25, 0.3) is 0 Å². The van der Waals surface area contributed by atoms with Crippen molar-refractivity contribution in [2.45, 2.75) is 32.2 Å². The minimum absolute atomic E-state index is 0.0382.